The highest BCUT2D eigenvalue weighted by Crippen LogP contribution is 2.32. The van der Waals surface area contributed by atoms with Gasteiger partial charge in [-0.25, -0.2) is 4.39 Å². The van der Waals surface area contributed by atoms with E-state index in [1.165, 1.54) is 20.2 Å². The molecule has 0 aliphatic rings. The summed E-state index contributed by atoms with van der Waals surface area (Å²) in [4.78, 5) is 3.81. The van der Waals surface area contributed by atoms with Crippen molar-refractivity contribution in [1.82, 2.24) is 4.98 Å². The van der Waals surface area contributed by atoms with Gasteiger partial charge in [0.1, 0.15) is 17.6 Å². The lowest BCUT2D eigenvalue weighted by Crippen LogP contribution is -2.01. The van der Waals surface area contributed by atoms with Crippen molar-refractivity contribution in [2.75, 3.05) is 7.11 Å². The molecule has 1 atom stereocenters. The lowest BCUT2D eigenvalue weighted by molar-refractivity contribution is 0.194. The maximum Gasteiger partial charge on any atom is 0.147 e. The molecule has 20 heavy (non-hydrogen) atoms. The largest absolute Gasteiger partial charge is 0.495 e. The van der Waals surface area contributed by atoms with Crippen molar-refractivity contribution in [3.8, 4) is 22.9 Å². The highest BCUT2D eigenvalue weighted by Gasteiger charge is 2.16. The Morgan fingerprint density at radius 3 is 2.75 bits per heavy atom. The minimum atomic E-state index is -0.963. The van der Waals surface area contributed by atoms with Crippen molar-refractivity contribution >= 4 is 0 Å². The number of pyridine rings is 1. The zero-order chi connectivity index (χ0) is 14.7. The molecule has 0 bridgehead atoms. The molecule has 0 radical (unpaired) electrons. The summed E-state index contributed by atoms with van der Waals surface area (Å²) in [5.74, 6) is -0.174. The molecular formula is C15H13FN2O2. The third-order valence-electron chi connectivity index (χ3n) is 2.99. The Balaban J connectivity index is 2.64. The Morgan fingerprint density at radius 1 is 1.40 bits per heavy atom. The molecule has 0 saturated carbocycles. The van der Waals surface area contributed by atoms with Gasteiger partial charge < -0.3 is 9.84 Å². The predicted octanol–water partition coefficient (Wildman–Crippen LogP) is 2.82. The van der Waals surface area contributed by atoms with Gasteiger partial charge >= 0.3 is 0 Å². The van der Waals surface area contributed by atoms with Gasteiger partial charge in [0, 0.05) is 17.3 Å². The number of ether oxygens (including phenoxy) is 1. The molecule has 0 aliphatic heterocycles. The van der Waals surface area contributed by atoms with Crippen LogP contribution in [0.3, 0.4) is 0 Å². The molecule has 2 rings (SSSR count). The molecular weight excluding hydrogens is 259 g/mol. The van der Waals surface area contributed by atoms with Crippen molar-refractivity contribution in [3.63, 3.8) is 0 Å². The van der Waals surface area contributed by atoms with E-state index in [0.29, 0.717) is 22.4 Å². The highest BCUT2D eigenvalue weighted by atomic mass is 19.1. The van der Waals surface area contributed by atoms with Crippen molar-refractivity contribution < 1.29 is 14.2 Å². The molecule has 0 saturated heterocycles. The van der Waals surface area contributed by atoms with Crippen molar-refractivity contribution in [2.24, 2.45) is 0 Å². The second kappa shape index (κ2) is 5.68. The standard InChI is InChI=1S/C15H13FN2O2/c1-9(19)15-12(7-18-8-13(15)16)10-3-4-11(6-17)14(5-10)20-2/h3-5,7-9,19H,1-2H3/t9-/m0/s1. The molecule has 0 spiro atoms. The summed E-state index contributed by atoms with van der Waals surface area (Å²) in [5.41, 5.74) is 1.66. The quantitative estimate of drug-likeness (QED) is 0.933. The Bertz CT molecular complexity index is 678. The van der Waals surface area contributed by atoms with E-state index in [2.05, 4.69) is 4.98 Å². The number of hydrogen-bond acceptors (Lipinski definition) is 4. The Labute approximate surface area is 116 Å². The minimum Gasteiger partial charge on any atom is -0.495 e. The van der Waals surface area contributed by atoms with E-state index in [1.54, 1.807) is 18.2 Å². The number of aliphatic hydroxyl groups is 1. The Kier molecular flexibility index (Phi) is 3.97. The van der Waals surface area contributed by atoms with Gasteiger partial charge in [-0.15, -0.1) is 0 Å². The van der Waals surface area contributed by atoms with Crippen LogP contribution in [0.1, 0.15) is 24.2 Å². The number of nitriles is 1. The zero-order valence-corrected chi connectivity index (χ0v) is 11.1. The number of aromatic nitrogens is 1. The summed E-state index contributed by atoms with van der Waals surface area (Å²) in [6.45, 7) is 1.49. The summed E-state index contributed by atoms with van der Waals surface area (Å²) in [5, 5.41) is 18.7. The van der Waals surface area contributed by atoms with E-state index >= 15 is 0 Å². The molecule has 5 heteroatoms. The molecule has 2 aromatic rings. The Morgan fingerprint density at radius 2 is 2.15 bits per heavy atom. The summed E-state index contributed by atoms with van der Waals surface area (Å²) in [7, 11) is 1.46. The van der Waals surface area contributed by atoms with Crippen molar-refractivity contribution in [3.05, 3.63) is 47.5 Å². The van der Waals surface area contributed by atoms with Gasteiger partial charge in [0.2, 0.25) is 0 Å². The molecule has 0 fully saturated rings. The van der Waals surface area contributed by atoms with E-state index in [0.717, 1.165) is 6.20 Å². The number of nitrogens with zero attached hydrogens (tertiary/aromatic N) is 2. The maximum absolute atomic E-state index is 13.8. The molecule has 0 amide bonds. The SMILES string of the molecule is COc1cc(-c2cncc(F)c2[C@H](C)O)ccc1C#N. The first-order chi connectivity index (χ1) is 9.58. The molecule has 102 valence electrons. The van der Waals surface area contributed by atoms with Crippen LogP contribution < -0.4 is 4.74 Å². The van der Waals surface area contributed by atoms with Crippen LogP contribution in [0.5, 0.6) is 5.75 Å². The number of hydrogen-bond donors (Lipinski definition) is 1. The van der Waals surface area contributed by atoms with E-state index in [-0.39, 0.29) is 5.56 Å². The van der Waals surface area contributed by atoms with Crippen molar-refractivity contribution in [1.29, 1.82) is 5.26 Å². The second-order valence-electron chi connectivity index (χ2n) is 4.29. The first kappa shape index (κ1) is 14.0. The number of methoxy groups -OCH3 is 1. The number of halogens is 1. The van der Waals surface area contributed by atoms with Gasteiger partial charge in [0.05, 0.1) is 25.0 Å². The van der Waals surface area contributed by atoms with Crippen LogP contribution in [0.4, 0.5) is 4.39 Å². The van der Waals surface area contributed by atoms with Crippen LogP contribution in [0.25, 0.3) is 11.1 Å². The van der Waals surface area contributed by atoms with E-state index in [1.807, 2.05) is 6.07 Å². The van der Waals surface area contributed by atoms with Crippen molar-refractivity contribution in [2.45, 2.75) is 13.0 Å². The highest BCUT2D eigenvalue weighted by molar-refractivity contribution is 5.70. The van der Waals surface area contributed by atoms with Crippen LogP contribution in [0.15, 0.2) is 30.6 Å². The number of benzene rings is 1. The monoisotopic (exact) mass is 272 g/mol. The van der Waals surface area contributed by atoms with Gasteiger partial charge in [-0.2, -0.15) is 5.26 Å². The summed E-state index contributed by atoms with van der Waals surface area (Å²) >= 11 is 0. The van der Waals surface area contributed by atoms with Gasteiger partial charge in [-0.1, -0.05) is 6.07 Å². The number of aliphatic hydroxyl groups excluding tert-OH is 1. The predicted molar refractivity (Wildman–Crippen MR) is 71.5 cm³/mol. The fourth-order valence-corrected chi connectivity index (χ4v) is 2.05. The molecule has 1 aromatic heterocycles. The lowest BCUT2D eigenvalue weighted by Gasteiger charge is -2.13. The van der Waals surface area contributed by atoms with E-state index in [4.69, 9.17) is 10.00 Å². The maximum atomic E-state index is 13.8. The van der Waals surface area contributed by atoms with Gasteiger partial charge in [0.25, 0.3) is 0 Å². The van der Waals surface area contributed by atoms with E-state index in [9.17, 15) is 9.50 Å². The molecule has 0 aliphatic carbocycles. The fraction of sp³-hybridized carbons (Fsp3) is 0.200. The van der Waals surface area contributed by atoms with E-state index < -0.39 is 11.9 Å². The summed E-state index contributed by atoms with van der Waals surface area (Å²) < 4.78 is 18.9. The molecule has 1 aromatic carbocycles. The first-order valence-electron chi connectivity index (χ1n) is 5.98. The third kappa shape index (κ3) is 2.46. The Hall–Kier alpha value is -2.45. The van der Waals surface area contributed by atoms with Crippen LogP contribution in [0, 0.1) is 17.1 Å². The van der Waals surface area contributed by atoms with Crippen LogP contribution in [-0.2, 0) is 0 Å². The second-order valence-corrected chi connectivity index (χ2v) is 4.29. The summed E-state index contributed by atoms with van der Waals surface area (Å²) in [6, 6.07) is 6.89. The average molecular weight is 272 g/mol. The normalized spacial score (nSPS) is 11.8. The smallest absolute Gasteiger partial charge is 0.147 e. The first-order valence-corrected chi connectivity index (χ1v) is 5.98. The van der Waals surface area contributed by atoms with Crippen LogP contribution in [-0.4, -0.2) is 17.2 Å². The summed E-state index contributed by atoms with van der Waals surface area (Å²) in [6.07, 6.45) is 1.58. The lowest BCUT2D eigenvalue weighted by atomic mass is 9.97. The molecule has 4 nitrogen and oxygen atoms in total. The topological polar surface area (TPSA) is 66.1 Å². The fourth-order valence-electron chi connectivity index (χ4n) is 2.05. The van der Waals surface area contributed by atoms with Gasteiger partial charge in [-0.05, 0) is 24.6 Å². The van der Waals surface area contributed by atoms with Gasteiger partial charge in [-0.3, -0.25) is 4.98 Å². The third-order valence-corrected chi connectivity index (χ3v) is 2.99. The average Bonchev–Trinajstić information content (AvgIpc) is 2.45. The molecule has 1 N–H and O–H groups in total. The number of rotatable bonds is 3. The molecule has 1 heterocycles. The minimum absolute atomic E-state index is 0.173. The molecule has 0 unspecified atom stereocenters. The zero-order valence-electron chi connectivity index (χ0n) is 11.1. The van der Waals surface area contributed by atoms with Crippen LogP contribution >= 0.6 is 0 Å². The van der Waals surface area contributed by atoms with Crippen LogP contribution in [0.2, 0.25) is 0 Å². The van der Waals surface area contributed by atoms with Gasteiger partial charge in [0.15, 0.2) is 0 Å².